The normalized spacial score (nSPS) is 10.8. The maximum Gasteiger partial charge on any atom is 0.225 e. The molecule has 0 saturated carbocycles. The molecular weight excluding hydrogens is 338 g/mol. The Morgan fingerprint density at radius 2 is 1.85 bits per heavy atom. The maximum absolute atomic E-state index is 12.2. The number of rotatable bonds is 5. The highest BCUT2D eigenvalue weighted by molar-refractivity contribution is 5.93. The molecule has 4 rings (SSSR count). The molecule has 0 spiro atoms. The molecule has 0 fully saturated rings. The summed E-state index contributed by atoms with van der Waals surface area (Å²) in [4.78, 5) is 16.5. The quantitative estimate of drug-likeness (QED) is 0.506. The first-order valence-electron chi connectivity index (χ1n) is 8.73. The van der Waals surface area contributed by atoms with Crippen LogP contribution in [0.3, 0.4) is 0 Å². The van der Waals surface area contributed by atoms with Crippen molar-refractivity contribution < 1.29 is 4.79 Å². The van der Waals surface area contributed by atoms with Gasteiger partial charge in [-0.15, -0.1) is 0 Å². The molecule has 0 saturated heterocycles. The van der Waals surface area contributed by atoms with E-state index in [1.165, 1.54) is 0 Å². The molecule has 2 aromatic carbocycles. The van der Waals surface area contributed by atoms with Gasteiger partial charge < -0.3 is 11.1 Å². The van der Waals surface area contributed by atoms with Gasteiger partial charge in [-0.1, -0.05) is 36.4 Å². The highest BCUT2D eigenvalue weighted by Gasteiger charge is 2.08. The molecule has 2 heterocycles. The number of carbonyl (C=O) groups excluding carboxylic acids is 1. The number of nitrogens with one attached hydrogen (secondary N) is 2. The molecule has 0 bridgehead atoms. The fourth-order valence-electron chi connectivity index (χ4n) is 3.00. The number of anilines is 2. The number of H-pyrrole nitrogens is 1. The first-order chi connectivity index (χ1) is 13.2. The number of aryl methyl sites for hydroxylation is 1. The Hall–Kier alpha value is -3.67. The van der Waals surface area contributed by atoms with Crippen molar-refractivity contribution in [3.8, 4) is 11.1 Å². The summed E-state index contributed by atoms with van der Waals surface area (Å²) in [7, 11) is 0. The topological polar surface area (TPSA) is 96.7 Å². The zero-order valence-electron chi connectivity index (χ0n) is 14.6. The van der Waals surface area contributed by atoms with E-state index < -0.39 is 0 Å². The fourth-order valence-corrected chi connectivity index (χ4v) is 3.00. The van der Waals surface area contributed by atoms with Crippen LogP contribution in [0.2, 0.25) is 0 Å². The number of aromatic nitrogens is 3. The molecule has 0 aliphatic heterocycles. The number of aromatic amines is 1. The lowest BCUT2D eigenvalue weighted by Gasteiger charge is -2.07. The second kappa shape index (κ2) is 7.29. The summed E-state index contributed by atoms with van der Waals surface area (Å²) < 4.78 is 0. The SMILES string of the molecule is Nc1n[nH]c2ccc(-c3ccnc(NC(=O)CCc4ccccc4)c3)cc12. The Balaban J connectivity index is 1.48. The molecule has 27 heavy (non-hydrogen) atoms. The van der Waals surface area contributed by atoms with Crippen LogP contribution >= 0.6 is 0 Å². The van der Waals surface area contributed by atoms with E-state index >= 15 is 0 Å². The predicted octanol–water partition coefficient (Wildman–Crippen LogP) is 3.78. The smallest absolute Gasteiger partial charge is 0.225 e. The minimum atomic E-state index is -0.0574. The van der Waals surface area contributed by atoms with Crippen LogP contribution in [-0.4, -0.2) is 21.1 Å². The number of amides is 1. The van der Waals surface area contributed by atoms with Crippen LogP contribution < -0.4 is 11.1 Å². The van der Waals surface area contributed by atoms with E-state index in [9.17, 15) is 4.79 Å². The van der Waals surface area contributed by atoms with Crippen LogP contribution in [0.25, 0.3) is 22.0 Å². The molecule has 4 aromatic rings. The second-order valence-electron chi connectivity index (χ2n) is 6.33. The van der Waals surface area contributed by atoms with Crippen LogP contribution in [0.1, 0.15) is 12.0 Å². The largest absolute Gasteiger partial charge is 0.382 e. The molecule has 0 aliphatic carbocycles. The molecule has 0 unspecified atom stereocenters. The summed E-state index contributed by atoms with van der Waals surface area (Å²) in [6, 6.07) is 19.6. The van der Waals surface area contributed by atoms with Crippen molar-refractivity contribution in [2.24, 2.45) is 0 Å². The van der Waals surface area contributed by atoms with Crippen LogP contribution in [0.5, 0.6) is 0 Å². The number of pyridine rings is 1. The Morgan fingerprint density at radius 1 is 1.04 bits per heavy atom. The van der Waals surface area contributed by atoms with Crippen molar-refractivity contribution in [1.29, 1.82) is 0 Å². The molecule has 134 valence electrons. The summed E-state index contributed by atoms with van der Waals surface area (Å²) >= 11 is 0. The molecule has 1 amide bonds. The van der Waals surface area contributed by atoms with Gasteiger partial charge >= 0.3 is 0 Å². The highest BCUT2D eigenvalue weighted by atomic mass is 16.1. The van der Waals surface area contributed by atoms with Gasteiger partial charge in [-0.25, -0.2) is 4.98 Å². The number of nitrogens with zero attached hydrogens (tertiary/aromatic N) is 2. The van der Waals surface area contributed by atoms with Gasteiger partial charge in [0.25, 0.3) is 0 Å². The molecule has 6 nitrogen and oxygen atoms in total. The lowest BCUT2D eigenvalue weighted by atomic mass is 10.0. The number of hydrogen-bond acceptors (Lipinski definition) is 4. The minimum absolute atomic E-state index is 0.0574. The summed E-state index contributed by atoms with van der Waals surface area (Å²) in [6.07, 6.45) is 2.79. The number of benzene rings is 2. The van der Waals surface area contributed by atoms with Crippen molar-refractivity contribution in [3.63, 3.8) is 0 Å². The number of fused-ring (bicyclic) bond motifs is 1. The molecule has 0 aliphatic rings. The van der Waals surface area contributed by atoms with Crippen molar-refractivity contribution in [3.05, 3.63) is 72.4 Å². The maximum atomic E-state index is 12.2. The zero-order chi connectivity index (χ0) is 18.6. The third-order valence-corrected chi connectivity index (χ3v) is 4.44. The summed E-state index contributed by atoms with van der Waals surface area (Å²) in [5, 5.41) is 10.6. The first kappa shape index (κ1) is 16.8. The molecule has 0 radical (unpaired) electrons. The van der Waals surface area contributed by atoms with Gasteiger partial charge in [0.05, 0.1) is 5.52 Å². The highest BCUT2D eigenvalue weighted by Crippen LogP contribution is 2.27. The number of carbonyl (C=O) groups is 1. The summed E-state index contributed by atoms with van der Waals surface area (Å²) in [5.74, 6) is 0.944. The van der Waals surface area contributed by atoms with Crippen LogP contribution in [0, 0.1) is 0 Å². The zero-order valence-corrected chi connectivity index (χ0v) is 14.6. The van der Waals surface area contributed by atoms with E-state index in [1.807, 2.05) is 60.7 Å². The van der Waals surface area contributed by atoms with Crippen molar-refractivity contribution in [2.75, 3.05) is 11.1 Å². The van der Waals surface area contributed by atoms with E-state index in [0.717, 1.165) is 27.6 Å². The van der Waals surface area contributed by atoms with Gasteiger partial charge in [0, 0.05) is 18.0 Å². The Morgan fingerprint density at radius 3 is 2.70 bits per heavy atom. The van der Waals surface area contributed by atoms with E-state index in [0.29, 0.717) is 24.5 Å². The van der Waals surface area contributed by atoms with Gasteiger partial charge in [0.15, 0.2) is 5.82 Å². The average Bonchev–Trinajstić information content (AvgIpc) is 3.08. The summed E-state index contributed by atoms with van der Waals surface area (Å²) in [5.41, 5.74) is 9.85. The third-order valence-electron chi connectivity index (χ3n) is 4.44. The van der Waals surface area contributed by atoms with Crippen molar-refractivity contribution in [1.82, 2.24) is 15.2 Å². The molecular formula is C21H19N5O. The molecule has 0 atom stereocenters. The van der Waals surface area contributed by atoms with Gasteiger partial charge in [-0.3, -0.25) is 9.89 Å². The molecule has 2 aromatic heterocycles. The van der Waals surface area contributed by atoms with E-state index in [4.69, 9.17) is 5.73 Å². The second-order valence-corrected chi connectivity index (χ2v) is 6.33. The van der Waals surface area contributed by atoms with Gasteiger partial charge in [0.1, 0.15) is 5.82 Å². The number of nitrogens with two attached hydrogens (primary N) is 1. The van der Waals surface area contributed by atoms with E-state index in [-0.39, 0.29) is 5.91 Å². The first-order valence-corrected chi connectivity index (χ1v) is 8.73. The fraction of sp³-hybridized carbons (Fsp3) is 0.0952. The molecule has 6 heteroatoms. The monoisotopic (exact) mass is 357 g/mol. The van der Waals surface area contributed by atoms with Crippen LogP contribution in [-0.2, 0) is 11.2 Å². The molecule has 4 N–H and O–H groups in total. The Kier molecular flexibility index (Phi) is 4.53. The lowest BCUT2D eigenvalue weighted by Crippen LogP contribution is -2.13. The van der Waals surface area contributed by atoms with Gasteiger partial charge in [-0.2, -0.15) is 5.10 Å². The minimum Gasteiger partial charge on any atom is -0.382 e. The van der Waals surface area contributed by atoms with E-state index in [2.05, 4.69) is 20.5 Å². The number of nitrogen functional groups attached to an aromatic ring is 1. The average molecular weight is 357 g/mol. The number of hydrogen-bond donors (Lipinski definition) is 3. The Bertz CT molecular complexity index is 1090. The van der Waals surface area contributed by atoms with Gasteiger partial charge in [0.2, 0.25) is 5.91 Å². The standard InChI is InChI=1S/C21H19N5O/c22-21-17-12-15(7-8-18(17)25-26-21)16-10-11-23-19(13-16)24-20(27)9-6-14-4-2-1-3-5-14/h1-5,7-8,10-13H,6,9H2,(H3,22,25,26)(H,23,24,27). The van der Waals surface area contributed by atoms with E-state index in [1.54, 1.807) is 6.20 Å². The lowest BCUT2D eigenvalue weighted by molar-refractivity contribution is -0.116. The van der Waals surface area contributed by atoms with Gasteiger partial charge in [-0.05, 0) is 47.4 Å². The summed E-state index contributed by atoms with van der Waals surface area (Å²) in [6.45, 7) is 0. The van der Waals surface area contributed by atoms with Crippen LogP contribution in [0.15, 0.2) is 66.9 Å². The van der Waals surface area contributed by atoms with Crippen molar-refractivity contribution >= 4 is 28.4 Å². The Labute approximate surface area is 156 Å². The van der Waals surface area contributed by atoms with Crippen LogP contribution in [0.4, 0.5) is 11.6 Å². The predicted molar refractivity (Wildman–Crippen MR) is 107 cm³/mol. The van der Waals surface area contributed by atoms with Crippen molar-refractivity contribution in [2.45, 2.75) is 12.8 Å². The third kappa shape index (κ3) is 3.79.